The highest BCUT2D eigenvalue weighted by Crippen LogP contribution is 2.69. The Morgan fingerprint density at radius 2 is 1.74 bits per heavy atom. The third kappa shape index (κ3) is 4.43. The van der Waals surface area contributed by atoms with Gasteiger partial charge in [-0.15, -0.1) is 11.8 Å². The quantitative estimate of drug-likeness (QED) is 0.257. The number of carbonyl (C=O) groups excluding carboxylic acids is 2. The van der Waals surface area contributed by atoms with Gasteiger partial charge in [0.15, 0.2) is 5.78 Å². The second-order valence-electron chi connectivity index (χ2n) is 13.0. The van der Waals surface area contributed by atoms with Crippen molar-refractivity contribution in [3.05, 3.63) is 77.6 Å². The second kappa shape index (κ2) is 10.6. The molecule has 0 amide bonds. The molecule has 226 valence electrons. The fourth-order valence-electron chi connectivity index (χ4n) is 9.00. The van der Waals surface area contributed by atoms with Gasteiger partial charge in [0.2, 0.25) is 5.60 Å². The maximum Gasteiger partial charge on any atom is 0.349 e. The minimum Gasteiger partial charge on any atom is -0.508 e. The first-order valence-electron chi connectivity index (χ1n) is 15.0. The Morgan fingerprint density at radius 1 is 1.00 bits per heavy atom. The molecule has 0 aromatic heterocycles. The molecule has 3 fully saturated rings. The molecule has 0 spiro atoms. The van der Waals surface area contributed by atoms with Gasteiger partial charge in [0.05, 0.1) is 11.0 Å². The first-order chi connectivity index (χ1) is 20.4. The number of thioether (sulfide) groups is 1. The van der Waals surface area contributed by atoms with Gasteiger partial charge in [0, 0.05) is 22.3 Å². The Balaban J connectivity index is 1.25. The van der Waals surface area contributed by atoms with Crippen LogP contribution >= 0.6 is 11.8 Å². The van der Waals surface area contributed by atoms with Crippen molar-refractivity contribution in [2.45, 2.75) is 63.4 Å². The van der Waals surface area contributed by atoms with Gasteiger partial charge in [-0.3, -0.25) is 4.79 Å². The van der Waals surface area contributed by atoms with E-state index in [9.17, 15) is 24.6 Å². The van der Waals surface area contributed by atoms with Gasteiger partial charge in [0.25, 0.3) is 0 Å². The first kappa shape index (κ1) is 29.5. The number of aliphatic hydroxyl groups excluding tert-OH is 1. The van der Waals surface area contributed by atoms with E-state index in [1.54, 1.807) is 42.1 Å². The van der Waals surface area contributed by atoms with E-state index in [0.717, 1.165) is 16.9 Å². The monoisotopic (exact) mass is 602 g/mol. The summed E-state index contributed by atoms with van der Waals surface area (Å²) < 4.78 is 12.1. The zero-order valence-electron chi connectivity index (χ0n) is 25.0. The SMILES string of the molecule is CSc1cccc(Oc2ccc(C(=O)OC3(C(=O)O)C(C)C[C@H]4[C@@H]5CCC6=CC(O)=CC(=O)[C@]6(C)[C@H]5CC[C@@]43C)cc2)c1. The van der Waals surface area contributed by atoms with Crippen molar-refractivity contribution in [1.82, 2.24) is 0 Å². The van der Waals surface area contributed by atoms with Crippen LogP contribution in [0.3, 0.4) is 0 Å². The summed E-state index contributed by atoms with van der Waals surface area (Å²) in [5.41, 5.74) is -1.97. The topological polar surface area (TPSA) is 110 Å². The van der Waals surface area contributed by atoms with Crippen molar-refractivity contribution in [2.75, 3.05) is 6.26 Å². The largest absolute Gasteiger partial charge is 0.508 e. The average Bonchev–Trinajstić information content (AvgIpc) is 3.21. The van der Waals surface area contributed by atoms with E-state index in [0.29, 0.717) is 37.2 Å². The Labute approximate surface area is 256 Å². The van der Waals surface area contributed by atoms with Crippen LogP contribution in [0.25, 0.3) is 0 Å². The maximum absolute atomic E-state index is 13.6. The minimum absolute atomic E-state index is 0.00672. The lowest BCUT2D eigenvalue weighted by molar-refractivity contribution is -0.188. The van der Waals surface area contributed by atoms with E-state index in [1.807, 2.05) is 51.3 Å². The summed E-state index contributed by atoms with van der Waals surface area (Å²) in [6, 6.07) is 14.3. The number of aliphatic carboxylic acids is 1. The molecule has 43 heavy (non-hydrogen) atoms. The van der Waals surface area contributed by atoms with Crippen LogP contribution in [0.15, 0.2) is 76.9 Å². The van der Waals surface area contributed by atoms with Crippen molar-refractivity contribution in [1.29, 1.82) is 0 Å². The van der Waals surface area contributed by atoms with Crippen molar-refractivity contribution >= 4 is 29.5 Å². The van der Waals surface area contributed by atoms with E-state index in [-0.39, 0.29) is 34.9 Å². The van der Waals surface area contributed by atoms with Crippen molar-refractivity contribution in [2.24, 2.45) is 34.5 Å². The summed E-state index contributed by atoms with van der Waals surface area (Å²) in [7, 11) is 0. The molecule has 6 rings (SSSR count). The first-order valence-corrected chi connectivity index (χ1v) is 16.2. The summed E-state index contributed by atoms with van der Waals surface area (Å²) in [5.74, 6) is -0.896. The number of carboxylic acids is 1. The number of fused-ring (bicyclic) bond motifs is 5. The Kier molecular flexibility index (Phi) is 7.27. The molecule has 4 aliphatic carbocycles. The highest BCUT2D eigenvalue weighted by atomic mass is 32.2. The highest BCUT2D eigenvalue weighted by molar-refractivity contribution is 7.98. The molecular formula is C35H38O7S. The fourth-order valence-corrected chi connectivity index (χ4v) is 9.45. The number of ketones is 1. The standard InChI is InChI=1S/C35H38O7S/c1-20-16-29-27-13-10-22-17-23(36)18-30(37)34(22,3)28(27)14-15-33(29,2)35(20,32(39)40)42-31(38)21-8-11-24(12-9-21)41-25-6-5-7-26(19-25)43-4/h5-9,11-12,17-20,27-29,36H,10,13-16H2,1-4H3,(H,39,40)/t20?,27-,28+,29+,33+,34+,35?/m1/s1. The summed E-state index contributed by atoms with van der Waals surface area (Å²) >= 11 is 1.62. The van der Waals surface area contributed by atoms with Crippen molar-refractivity contribution < 1.29 is 34.1 Å². The van der Waals surface area contributed by atoms with Gasteiger partial charge in [-0.2, -0.15) is 0 Å². The molecule has 2 N–H and O–H groups in total. The Bertz CT molecular complexity index is 1540. The van der Waals surface area contributed by atoms with Crippen LogP contribution in [0.2, 0.25) is 0 Å². The van der Waals surface area contributed by atoms with E-state index < -0.39 is 34.3 Å². The van der Waals surface area contributed by atoms with E-state index >= 15 is 0 Å². The molecule has 2 aromatic rings. The van der Waals surface area contributed by atoms with Crippen LogP contribution in [0.4, 0.5) is 0 Å². The molecule has 0 aliphatic heterocycles. The average molecular weight is 603 g/mol. The molecule has 2 unspecified atom stereocenters. The van der Waals surface area contributed by atoms with Gasteiger partial charge < -0.3 is 19.7 Å². The predicted octanol–water partition coefficient (Wildman–Crippen LogP) is 7.62. The van der Waals surface area contributed by atoms with E-state index in [2.05, 4.69) is 0 Å². The number of ether oxygens (including phenoxy) is 2. The third-order valence-corrected chi connectivity index (χ3v) is 11.9. The smallest absolute Gasteiger partial charge is 0.349 e. The molecule has 0 heterocycles. The van der Waals surface area contributed by atoms with Gasteiger partial charge >= 0.3 is 11.9 Å². The number of carbonyl (C=O) groups is 3. The van der Waals surface area contributed by atoms with Crippen molar-refractivity contribution in [3.63, 3.8) is 0 Å². The summed E-state index contributed by atoms with van der Waals surface area (Å²) in [6.45, 7) is 5.84. The highest BCUT2D eigenvalue weighted by Gasteiger charge is 2.72. The van der Waals surface area contributed by atoms with Gasteiger partial charge in [-0.1, -0.05) is 25.5 Å². The zero-order valence-corrected chi connectivity index (χ0v) is 25.8. The molecule has 3 saturated carbocycles. The van der Waals surface area contributed by atoms with E-state index in [4.69, 9.17) is 9.47 Å². The second-order valence-corrected chi connectivity index (χ2v) is 13.9. The summed E-state index contributed by atoms with van der Waals surface area (Å²) in [4.78, 5) is 41.2. The maximum atomic E-state index is 13.6. The molecule has 7 nitrogen and oxygen atoms in total. The number of aliphatic hydroxyl groups is 1. The molecular weight excluding hydrogens is 564 g/mol. The number of hydrogen-bond acceptors (Lipinski definition) is 7. The van der Waals surface area contributed by atoms with Gasteiger partial charge in [-0.05, 0) is 112 Å². The molecule has 0 radical (unpaired) electrons. The normalized spacial score (nSPS) is 34.7. The van der Waals surface area contributed by atoms with Crippen LogP contribution < -0.4 is 4.74 Å². The lowest BCUT2D eigenvalue weighted by Crippen LogP contribution is -2.61. The number of hydrogen-bond donors (Lipinski definition) is 2. The molecule has 7 atom stereocenters. The van der Waals surface area contributed by atoms with Crippen molar-refractivity contribution in [3.8, 4) is 11.5 Å². The van der Waals surface area contributed by atoms with E-state index in [1.165, 1.54) is 6.08 Å². The number of carboxylic acid groups (broad SMARTS) is 1. The van der Waals surface area contributed by atoms with Crippen LogP contribution in [0.1, 0.15) is 63.2 Å². The fraction of sp³-hybridized carbons (Fsp3) is 0.457. The summed E-state index contributed by atoms with van der Waals surface area (Å²) in [5, 5.41) is 20.9. The number of esters is 1. The molecule has 2 aromatic carbocycles. The molecule has 0 bridgehead atoms. The Hall–Kier alpha value is -3.52. The third-order valence-electron chi connectivity index (χ3n) is 11.2. The molecule has 8 heteroatoms. The lowest BCUT2D eigenvalue weighted by atomic mass is 9.46. The Morgan fingerprint density at radius 3 is 2.44 bits per heavy atom. The number of rotatable bonds is 6. The molecule has 4 aliphatic rings. The number of benzene rings is 2. The van der Waals surface area contributed by atoms with Gasteiger partial charge in [0.1, 0.15) is 17.3 Å². The van der Waals surface area contributed by atoms with Crippen LogP contribution in [-0.4, -0.2) is 39.8 Å². The molecule has 0 saturated heterocycles. The number of allylic oxidation sites excluding steroid dienone is 3. The predicted molar refractivity (Wildman–Crippen MR) is 163 cm³/mol. The minimum atomic E-state index is -1.70. The summed E-state index contributed by atoms with van der Waals surface area (Å²) in [6.07, 6.45) is 8.33. The zero-order chi connectivity index (χ0) is 30.7. The van der Waals surface area contributed by atoms with Crippen LogP contribution in [0, 0.1) is 34.5 Å². The lowest BCUT2D eigenvalue weighted by Gasteiger charge is -2.57. The van der Waals surface area contributed by atoms with Crippen LogP contribution in [0.5, 0.6) is 11.5 Å². The van der Waals surface area contributed by atoms with Gasteiger partial charge in [-0.25, -0.2) is 9.59 Å². The van der Waals surface area contributed by atoms with Crippen LogP contribution in [-0.2, 0) is 14.3 Å².